The van der Waals surface area contributed by atoms with Crippen LogP contribution < -0.4 is 10.6 Å². The molecule has 0 spiro atoms. The Morgan fingerprint density at radius 1 is 1.14 bits per heavy atom. The molecule has 0 aliphatic heterocycles. The second-order valence-corrected chi connectivity index (χ2v) is 8.53. The van der Waals surface area contributed by atoms with E-state index in [1.165, 1.54) is 12.3 Å². The van der Waals surface area contributed by atoms with Gasteiger partial charge in [-0.3, -0.25) is 4.79 Å². The predicted molar refractivity (Wildman–Crippen MR) is 130 cm³/mol. The number of benzene rings is 2. The van der Waals surface area contributed by atoms with Crippen molar-refractivity contribution in [3.63, 3.8) is 0 Å². The van der Waals surface area contributed by atoms with Crippen LogP contribution in [0.15, 0.2) is 59.3 Å². The summed E-state index contributed by atoms with van der Waals surface area (Å²) in [4.78, 5) is 20.2. The molecule has 2 heterocycles. The van der Waals surface area contributed by atoms with Crippen LogP contribution in [0.25, 0.3) is 22.6 Å². The lowest BCUT2D eigenvalue weighted by molar-refractivity contribution is -0.150. The van der Waals surface area contributed by atoms with E-state index >= 15 is 4.39 Å². The summed E-state index contributed by atoms with van der Waals surface area (Å²) in [7, 11) is 0. The van der Waals surface area contributed by atoms with Crippen molar-refractivity contribution in [2.45, 2.75) is 32.5 Å². The monoisotopic (exact) mass is 533 g/mol. The van der Waals surface area contributed by atoms with Crippen LogP contribution in [0.4, 0.5) is 29.1 Å². The van der Waals surface area contributed by atoms with Gasteiger partial charge in [0.25, 0.3) is 5.89 Å². The highest BCUT2D eigenvalue weighted by atomic mass is 35.5. The maximum atomic E-state index is 16.0. The number of rotatable bonds is 7. The highest BCUT2D eigenvalue weighted by Crippen LogP contribution is 2.38. The van der Waals surface area contributed by atoms with Crippen LogP contribution in [0.2, 0.25) is 5.02 Å². The number of hydrogen-bond donors (Lipinski definition) is 2. The van der Waals surface area contributed by atoms with E-state index in [9.17, 15) is 18.0 Å². The number of alkyl halides is 3. The number of nitrogens with one attached hydrogen (secondary N) is 2. The summed E-state index contributed by atoms with van der Waals surface area (Å²) in [6.45, 7) is 3.23. The van der Waals surface area contributed by atoms with Crippen LogP contribution in [-0.4, -0.2) is 27.2 Å². The average Bonchev–Trinajstić information content (AvgIpc) is 3.26. The molecule has 0 aliphatic carbocycles. The lowest BCUT2D eigenvalue weighted by atomic mass is 9.94. The molecule has 0 saturated heterocycles. The molecule has 37 heavy (non-hydrogen) atoms. The molecule has 0 fully saturated rings. The lowest BCUT2D eigenvalue weighted by Crippen LogP contribution is -2.22. The molecule has 0 radical (unpaired) electrons. The summed E-state index contributed by atoms with van der Waals surface area (Å²) in [6.07, 6.45) is -5.10. The minimum Gasteiger partial charge on any atom is -0.362 e. The Morgan fingerprint density at radius 3 is 2.51 bits per heavy atom. The number of aryl methyl sites for hydroxylation is 1. The average molecular weight is 534 g/mol. The van der Waals surface area contributed by atoms with Crippen molar-refractivity contribution in [3.8, 4) is 22.6 Å². The van der Waals surface area contributed by atoms with Gasteiger partial charge in [-0.15, -0.1) is 0 Å². The van der Waals surface area contributed by atoms with E-state index < -0.39 is 30.4 Å². The molecule has 1 atom stereocenters. The highest BCUT2D eigenvalue weighted by molar-refractivity contribution is 6.34. The van der Waals surface area contributed by atoms with Gasteiger partial charge in [-0.2, -0.15) is 18.2 Å². The number of aromatic nitrogens is 3. The van der Waals surface area contributed by atoms with E-state index in [1.807, 2.05) is 30.3 Å². The smallest absolute Gasteiger partial charge is 0.362 e. The van der Waals surface area contributed by atoms with Crippen molar-refractivity contribution in [3.05, 3.63) is 77.0 Å². The Hall–Kier alpha value is -3.99. The molecule has 1 amide bonds. The second-order valence-electron chi connectivity index (χ2n) is 8.13. The van der Waals surface area contributed by atoms with Crippen molar-refractivity contribution >= 4 is 29.0 Å². The minimum absolute atomic E-state index is 0.0103. The molecule has 7 nitrogen and oxygen atoms in total. The first-order valence-electron chi connectivity index (χ1n) is 11.0. The standard InChI is InChI=1S/C25H20ClF4N5O2/c1-13(32-23-22(18(26)10-11-31-23)34-19(36)12-25(28,29)30)16-8-9-17(15-6-4-3-5-7-15)20(21(16)27)24-33-14(2)35-37-24/h3-11,13H,12H2,1-2H3,(H,31,32)(H,34,36). The highest BCUT2D eigenvalue weighted by Gasteiger charge is 2.32. The van der Waals surface area contributed by atoms with Gasteiger partial charge in [-0.05, 0) is 31.0 Å². The first kappa shape index (κ1) is 26.1. The quantitative estimate of drug-likeness (QED) is 0.249. The number of nitrogens with zero attached hydrogens (tertiary/aromatic N) is 3. The summed E-state index contributed by atoms with van der Waals surface area (Å²) in [6, 6.07) is 12.9. The third-order valence-corrected chi connectivity index (χ3v) is 5.66. The van der Waals surface area contributed by atoms with Gasteiger partial charge in [-0.25, -0.2) is 9.37 Å². The van der Waals surface area contributed by atoms with Crippen LogP contribution >= 0.6 is 11.6 Å². The Kier molecular flexibility index (Phi) is 7.44. The third kappa shape index (κ3) is 6.05. The Bertz CT molecular complexity index is 1430. The topological polar surface area (TPSA) is 92.9 Å². The molecule has 0 aliphatic rings. The molecule has 4 aromatic rings. The number of carbonyl (C=O) groups excluding carboxylic acids is 1. The van der Waals surface area contributed by atoms with E-state index in [-0.39, 0.29) is 33.5 Å². The maximum absolute atomic E-state index is 16.0. The van der Waals surface area contributed by atoms with Gasteiger partial charge in [0, 0.05) is 11.8 Å². The number of halogens is 5. The summed E-state index contributed by atoms with van der Waals surface area (Å²) >= 11 is 6.12. The normalized spacial score (nSPS) is 12.3. The van der Waals surface area contributed by atoms with Crippen LogP contribution in [-0.2, 0) is 4.79 Å². The predicted octanol–water partition coefficient (Wildman–Crippen LogP) is 6.96. The molecular weight excluding hydrogens is 514 g/mol. The fraction of sp³-hybridized carbons (Fsp3) is 0.200. The summed E-state index contributed by atoms with van der Waals surface area (Å²) in [5.41, 5.74) is 1.37. The molecule has 0 saturated carbocycles. The third-order valence-electron chi connectivity index (χ3n) is 5.34. The van der Waals surface area contributed by atoms with Gasteiger partial charge in [-0.1, -0.05) is 59.2 Å². The van der Waals surface area contributed by atoms with Gasteiger partial charge >= 0.3 is 6.18 Å². The number of anilines is 2. The van der Waals surface area contributed by atoms with E-state index in [2.05, 4.69) is 25.8 Å². The molecule has 192 valence electrons. The number of amides is 1. The molecule has 2 aromatic heterocycles. The van der Waals surface area contributed by atoms with Crippen LogP contribution in [0.3, 0.4) is 0 Å². The zero-order valence-corrected chi connectivity index (χ0v) is 20.3. The fourth-order valence-electron chi connectivity index (χ4n) is 3.71. The zero-order chi connectivity index (χ0) is 26.7. The van der Waals surface area contributed by atoms with Crippen LogP contribution in [0.5, 0.6) is 0 Å². The van der Waals surface area contributed by atoms with Gasteiger partial charge in [0.2, 0.25) is 5.91 Å². The Balaban J connectivity index is 1.71. The zero-order valence-electron chi connectivity index (χ0n) is 19.5. The summed E-state index contributed by atoms with van der Waals surface area (Å²) in [5, 5.41) is 8.79. The van der Waals surface area contributed by atoms with Gasteiger partial charge < -0.3 is 15.2 Å². The maximum Gasteiger partial charge on any atom is 0.397 e. The molecule has 2 aromatic carbocycles. The fourth-order valence-corrected chi connectivity index (χ4v) is 3.90. The summed E-state index contributed by atoms with van der Waals surface area (Å²) in [5.74, 6) is -1.67. The molecular formula is C25H20ClF4N5O2. The second kappa shape index (κ2) is 10.6. The van der Waals surface area contributed by atoms with Gasteiger partial charge in [0.05, 0.1) is 16.6 Å². The largest absolute Gasteiger partial charge is 0.397 e. The first-order valence-corrected chi connectivity index (χ1v) is 11.4. The molecule has 4 rings (SSSR count). The number of pyridine rings is 1. The molecule has 0 bridgehead atoms. The van der Waals surface area contributed by atoms with Crippen LogP contribution in [0, 0.1) is 12.7 Å². The lowest BCUT2D eigenvalue weighted by Gasteiger charge is -2.21. The van der Waals surface area contributed by atoms with Crippen molar-refractivity contribution < 1.29 is 26.9 Å². The minimum atomic E-state index is -4.70. The Morgan fingerprint density at radius 2 is 1.86 bits per heavy atom. The van der Waals surface area contributed by atoms with E-state index in [0.717, 1.165) is 5.56 Å². The molecule has 12 heteroatoms. The first-order chi connectivity index (χ1) is 17.5. The van der Waals surface area contributed by atoms with Crippen molar-refractivity contribution in [2.24, 2.45) is 0 Å². The van der Waals surface area contributed by atoms with E-state index in [4.69, 9.17) is 16.1 Å². The van der Waals surface area contributed by atoms with Gasteiger partial charge in [0.15, 0.2) is 11.6 Å². The SMILES string of the molecule is Cc1noc(-c2c(-c3ccccc3)ccc(C(C)Nc3nccc(Cl)c3NC(=O)CC(F)(F)F)c2F)n1. The van der Waals surface area contributed by atoms with E-state index in [1.54, 1.807) is 26.0 Å². The number of hydrogen-bond acceptors (Lipinski definition) is 6. The molecule has 2 N–H and O–H groups in total. The van der Waals surface area contributed by atoms with Crippen molar-refractivity contribution in [1.82, 2.24) is 15.1 Å². The van der Waals surface area contributed by atoms with E-state index in [0.29, 0.717) is 11.4 Å². The molecule has 1 unspecified atom stereocenters. The van der Waals surface area contributed by atoms with Gasteiger partial charge in [0.1, 0.15) is 17.9 Å². The van der Waals surface area contributed by atoms with Crippen molar-refractivity contribution in [1.29, 1.82) is 0 Å². The number of carbonyl (C=O) groups is 1. The Labute approximate surface area is 213 Å². The van der Waals surface area contributed by atoms with Crippen molar-refractivity contribution in [2.75, 3.05) is 10.6 Å². The summed E-state index contributed by atoms with van der Waals surface area (Å²) < 4.78 is 59.2. The van der Waals surface area contributed by atoms with Crippen LogP contribution in [0.1, 0.15) is 30.8 Å².